The minimum absolute atomic E-state index is 0.0353. The summed E-state index contributed by atoms with van der Waals surface area (Å²) in [6.45, 7) is 0.741. The molecule has 2 fully saturated rings. The van der Waals surface area contributed by atoms with Crippen LogP contribution in [0.1, 0.15) is 49.0 Å². The minimum Gasteiger partial charge on any atom is -0.334 e. The normalized spacial score (nSPS) is 26.1. The zero-order valence-electron chi connectivity index (χ0n) is 11.9. The average Bonchev–Trinajstić information content (AvgIpc) is 2.93. The van der Waals surface area contributed by atoms with Crippen molar-refractivity contribution in [1.29, 1.82) is 0 Å². The fraction of sp³-hybridized carbons (Fsp3) is 0.562. The lowest BCUT2D eigenvalue weighted by Crippen LogP contribution is -2.48. The number of carbonyl (C=O) groups excluding carboxylic acids is 2. The summed E-state index contributed by atoms with van der Waals surface area (Å²) in [7, 11) is 0. The van der Waals surface area contributed by atoms with E-state index in [-0.39, 0.29) is 17.9 Å². The van der Waals surface area contributed by atoms with Gasteiger partial charge in [0.25, 0.3) is 5.91 Å². The maximum Gasteiger partial charge on any atom is 0.272 e. The number of nitrogens with zero attached hydrogens (tertiary/aromatic N) is 2. The molecule has 2 unspecified atom stereocenters. The summed E-state index contributed by atoms with van der Waals surface area (Å²) in [5, 5.41) is 0. The summed E-state index contributed by atoms with van der Waals surface area (Å²) in [5.41, 5.74) is 0.468. The number of likely N-dealkylation sites (tertiary alicyclic amines) is 1. The molecule has 2 atom stereocenters. The van der Waals surface area contributed by atoms with Crippen LogP contribution < -0.4 is 0 Å². The van der Waals surface area contributed by atoms with Crippen molar-refractivity contribution < 1.29 is 9.59 Å². The molecule has 5 heteroatoms. The van der Waals surface area contributed by atoms with E-state index in [1.807, 2.05) is 11.0 Å². The van der Waals surface area contributed by atoms with Crippen molar-refractivity contribution in [2.24, 2.45) is 5.92 Å². The first-order valence-corrected chi connectivity index (χ1v) is 8.41. The number of piperidine rings is 1. The van der Waals surface area contributed by atoms with Crippen molar-refractivity contribution in [3.8, 4) is 0 Å². The Morgan fingerprint density at radius 1 is 1.24 bits per heavy atom. The Labute approximate surface area is 133 Å². The van der Waals surface area contributed by atoms with Gasteiger partial charge in [0, 0.05) is 35.6 Å². The van der Waals surface area contributed by atoms with Gasteiger partial charge in [-0.1, -0.05) is 0 Å². The van der Waals surface area contributed by atoms with Crippen LogP contribution in [0, 0.1) is 5.92 Å². The number of ketones is 1. The van der Waals surface area contributed by atoms with Gasteiger partial charge in [-0.2, -0.15) is 0 Å². The zero-order valence-corrected chi connectivity index (χ0v) is 13.5. The Bertz CT molecular complexity index is 544. The molecule has 0 N–H and O–H groups in total. The van der Waals surface area contributed by atoms with Gasteiger partial charge >= 0.3 is 0 Å². The number of pyridine rings is 1. The number of aromatic nitrogens is 1. The van der Waals surface area contributed by atoms with Crippen LogP contribution in [-0.4, -0.2) is 34.2 Å². The summed E-state index contributed by atoms with van der Waals surface area (Å²) < 4.78 is 0.861. The van der Waals surface area contributed by atoms with E-state index in [9.17, 15) is 9.59 Å². The van der Waals surface area contributed by atoms with Crippen molar-refractivity contribution in [2.75, 3.05) is 6.54 Å². The molecule has 1 amide bonds. The molecule has 1 aliphatic heterocycles. The number of Topliss-reactive ketones (excluding diaryl/α,β-unsaturated/α-hetero) is 1. The summed E-state index contributed by atoms with van der Waals surface area (Å²) >= 11 is 3.33. The summed E-state index contributed by atoms with van der Waals surface area (Å²) in [6.07, 6.45) is 7.29. The number of amides is 1. The molecule has 21 heavy (non-hydrogen) atoms. The van der Waals surface area contributed by atoms with E-state index in [4.69, 9.17) is 0 Å². The van der Waals surface area contributed by atoms with Crippen LogP contribution >= 0.6 is 15.9 Å². The van der Waals surface area contributed by atoms with Gasteiger partial charge in [0.05, 0.1) is 0 Å². The standard InChI is InChI=1S/C16H19BrN2O2/c17-11-7-8-13(18-10-11)16(21)19-9-2-1-5-14(19)12-4-3-6-15(12)20/h7-8,10,12,14H,1-6,9H2. The Hall–Kier alpha value is -1.23. The van der Waals surface area contributed by atoms with E-state index in [0.29, 0.717) is 17.9 Å². The molecule has 0 spiro atoms. The van der Waals surface area contributed by atoms with E-state index in [1.165, 1.54) is 0 Å². The Morgan fingerprint density at radius 2 is 2.10 bits per heavy atom. The molecule has 0 radical (unpaired) electrons. The quantitative estimate of drug-likeness (QED) is 0.822. The van der Waals surface area contributed by atoms with E-state index in [1.54, 1.807) is 12.3 Å². The molecule has 0 aromatic carbocycles. The SMILES string of the molecule is O=C1CCCC1C1CCCCN1C(=O)c1ccc(Br)cn1. The van der Waals surface area contributed by atoms with Gasteiger partial charge < -0.3 is 4.90 Å². The first kappa shape index (κ1) is 14.7. The molecule has 1 saturated carbocycles. The Kier molecular flexibility index (Phi) is 4.38. The molecule has 1 aliphatic carbocycles. The number of hydrogen-bond donors (Lipinski definition) is 0. The zero-order chi connectivity index (χ0) is 14.8. The van der Waals surface area contributed by atoms with E-state index in [0.717, 1.165) is 43.1 Å². The average molecular weight is 351 g/mol. The topological polar surface area (TPSA) is 50.3 Å². The molecule has 4 nitrogen and oxygen atoms in total. The summed E-state index contributed by atoms with van der Waals surface area (Å²) in [6, 6.07) is 3.65. The molecule has 1 saturated heterocycles. The van der Waals surface area contributed by atoms with Crippen molar-refractivity contribution in [2.45, 2.75) is 44.6 Å². The molecule has 2 aliphatic rings. The highest BCUT2D eigenvalue weighted by molar-refractivity contribution is 9.10. The maximum absolute atomic E-state index is 12.7. The predicted octanol–water partition coefficient (Wildman–Crippen LogP) is 3.21. The second kappa shape index (κ2) is 6.26. The monoisotopic (exact) mass is 350 g/mol. The lowest BCUT2D eigenvalue weighted by Gasteiger charge is -2.38. The molecule has 2 heterocycles. The first-order chi connectivity index (χ1) is 10.2. The molecule has 0 bridgehead atoms. The highest BCUT2D eigenvalue weighted by Crippen LogP contribution is 2.33. The van der Waals surface area contributed by atoms with Gasteiger partial charge in [-0.05, 0) is 60.2 Å². The van der Waals surface area contributed by atoms with E-state index in [2.05, 4.69) is 20.9 Å². The van der Waals surface area contributed by atoms with Crippen LogP contribution in [0.5, 0.6) is 0 Å². The van der Waals surface area contributed by atoms with Gasteiger partial charge in [-0.3, -0.25) is 9.59 Å². The van der Waals surface area contributed by atoms with E-state index >= 15 is 0 Å². The molecule has 1 aromatic rings. The minimum atomic E-state index is -0.0353. The second-order valence-corrected chi connectivity index (χ2v) is 6.80. The Balaban J connectivity index is 1.81. The van der Waals surface area contributed by atoms with Gasteiger partial charge in [0.2, 0.25) is 0 Å². The third-order valence-electron chi connectivity index (χ3n) is 4.57. The third-order valence-corrected chi connectivity index (χ3v) is 5.04. The predicted molar refractivity (Wildman–Crippen MR) is 83.0 cm³/mol. The van der Waals surface area contributed by atoms with Crippen LogP contribution in [0.3, 0.4) is 0 Å². The number of hydrogen-bond acceptors (Lipinski definition) is 3. The van der Waals surface area contributed by atoms with Crippen molar-refractivity contribution >= 4 is 27.6 Å². The first-order valence-electron chi connectivity index (χ1n) is 7.62. The van der Waals surface area contributed by atoms with Crippen LogP contribution in [0.2, 0.25) is 0 Å². The van der Waals surface area contributed by atoms with Crippen molar-refractivity contribution in [3.05, 3.63) is 28.5 Å². The lowest BCUT2D eigenvalue weighted by molar-refractivity contribution is -0.122. The second-order valence-electron chi connectivity index (χ2n) is 5.89. The maximum atomic E-state index is 12.7. The highest BCUT2D eigenvalue weighted by Gasteiger charge is 2.39. The lowest BCUT2D eigenvalue weighted by atomic mass is 9.88. The fourth-order valence-corrected chi connectivity index (χ4v) is 3.76. The largest absolute Gasteiger partial charge is 0.334 e. The Morgan fingerprint density at radius 3 is 2.76 bits per heavy atom. The van der Waals surface area contributed by atoms with Crippen molar-refractivity contribution in [1.82, 2.24) is 9.88 Å². The fourth-order valence-electron chi connectivity index (χ4n) is 3.53. The van der Waals surface area contributed by atoms with Gasteiger partial charge in [0.1, 0.15) is 11.5 Å². The summed E-state index contributed by atoms with van der Waals surface area (Å²) in [5.74, 6) is 0.347. The number of halogens is 1. The smallest absolute Gasteiger partial charge is 0.272 e. The molecule has 3 rings (SSSR count). The molecule has 112 valence electrons. The third kappa shape index (κ3) is 3.03. The van der Waals surface area contributed by atoms with Gasteiger partial charge in [-0.25, -0.2) is 4.98 Å². The summed E-state index contributed by atoms with van der Waals surface area (Å²) in [4.78, 5) is 30.9. The van der Waals surface area contributed by atoms with Crippen molar-refractivity contribution in [3.63, 3.8) is 0 Å². The van der Waals surface area contributed by atoms with Crippen LogP contribution in [0.4, 0.5) is 0 Å². The van der Waals surface area contributed by atoms with Crippen LogP contribution in [0.25, 0.3) is 0 Å². The number of carbonyl (C=O) groups is 2. The van der Waals surface area contributed by atoms with Gasteiger partial charge in [0.15, 0.2) is 0 Å². The molecular weight excluding hydrogens is 332 g/mol. The molecular formula is C16H19BrN2O2. The number of rotatable bonds is 2. The van der Waals surface area contributed by atoms with E-state index < -0.39 is 0 Å². The molecule has 1 aromatic heterocycles. The van der Waals surface area contributed by atoms with Crippen LogP contribution in [0.15, 0.2) is 22.8 Å². The highest BCUT2D eigenvalue weighted by atomic mass is 79.9. The van der Waals surface area contributed by atoms with Gasteiger partial charge in [-0.15, -0.1) is 0 Å². The van der Waals surface area contributed by atoms with Crippen LogP contribution in [-0.2, 0) is 4.79 Å².